The Morgan fingerprint density at radius 1 is 1.62 bits per heavy atom. The van der Waals surface area contributed by atoms with Crippen LogP contribution in [0.5, 0.6) is 0 Å². The van der Waals surface area contributed by atoms with Gasteiger partial charge in [0, 0.05) is 11.8 Å². The number of hydrogen-bond donors (Lipinski definition) is 2. The molecule has 0 fully saturated rings. The van der Waals surface area contributed by atoms with Crippen molar-refractivity contribution in [1.29, 1.82) is 5.41 Å². The molecule has 0 spiro atoms. The minimum absolute atomic E-state index is 0. The van der Waals surface area contributed by atoms with Gasteiger partial charge in [0.25, 0.3) is 0 Å². The Labute approximate surface area is 78.3 Å². The summed E-state index contributed by atoms with van der Waals surface area (Å²) in [6, 6.07) is 0. The first-order valence-electron chi connectivity index (χ1n) is 3.94. The van der Waals surface area contributed by atoms with Crippen molar-refractivity contribution in [2.24, 2.45) is 0 Å². The third kappa shape index (κ3) is 7.42. The van der Waals surface area contributed by atoms with E-state index in [1.165, 1.54) is 6.21 Å². The van der Waals surface area contributed by atoms with Crippen molar-refractivity contribution in [3.8, 4) is 0 Å². The average molecular weight is 190 g/mol. The zero-order chi connectivity index (χ0) is 9.61. The van der Waals surface area contributed by atoms with Gasteiger partial charge in [0.1, 0.15) is 0 Å². The fourth-order valence-electron chi connectivity index (χ4n) is 0.563. The summed E-state index contributed by atoms with van der Waals surface area (Å²) in [5.74, 6) is -0.285. The van der Waals surface area contributed by atoms with Gasteiger partial charge in [0.05, 0.1) is 13.2 Å². The molecule has 0 aromatic heterocycles. The Morgan fingerprint density at radius 2 is 2.15 bits per heavy atom. The molecule has 5 nitrogen and oxygen atoms in total. The van der Waals surface area contributed by atoms with Crippen LogP contribution >= 0.6 is 0 Å². The molecule has 0 aliphatic heterocycles. The lowest BCUT2D eigenvalue weighted by atomic mass is 10.1. The van der Waals surface area contributed by atoms with E-state index in [9.17, 15) is 4.79 Å². The Balaban J connectivity index is 0. The van der Waals surface area contributed by atoms with E-state index < -0.39 is 5.54 Å². The van der Waals surface area contributed by atoms with E-state index in [0.29, 0.717) is 6.61 Å². The molecule has 5 heteroatoms. The standard InChI is InChI=1S/C8H16N2O2.H2O/c1-4-12-7(11)5-10-8(2,3)6-9;/h6,9-10H,4-5H2,1-3H3;1H2. The molecule has 0 unspecified atom stereocenters. The normalized spacial score (nSPS) is 10.1. The summed E-state index contributed by atoms with van der Waals surface area (Å²) >= 11 is 0. The van der Waals surface area contributed by atoms with Crippen LogP contribution in [0.3, 0.4) is 0 Å². The van der Waals surface area contributed by atoms with Crippen LogP contribution in [0.2, 0.25) is 0 Å². The SMILES string of the molecule is CCOC(=O)CNC(C)(C)C=N.O. The molecule has 0 bridgehead atoms. The van der Waals surface area contributed by atoms with E-state index in [4.69, 9.17) is 10.1 Å². The zero-order valence-corrected chi connectivity index (χ0v) is 8.31. The van der Waals surface area contributed by atoms with Crippen LogP contribution in [0.25, 0.3) is 0 Å². The Kier molecular flexibility index (Phi) is 7.36. The molecule has 0 aromatic carbocycles. The molecule has 78 valence electrons. The van der Waals surface area contributed by atoms with Crippen molar-refractivity contribution in [3.05, 3.63) is 0 Å². The average Bonchev–Trinajstić information content (AvgIpc) is 2.02. The topological polar surface area (TPSA) is 93.7 Å². The predicted molar refractivity (Wildman–Crippen MR) is 51.1 cm³/mol. The molecular weight excluding hydrogens is 172 g/mol. The lowest BCUT2D eigenvalue weighted by Gasteiger charge is -2.19. The van der Waals surface area contributed by atoms with E-state index in [0.717, 1.165) is 0 Å². The largest absolute Gasteiger partial charge is 0.465 e. The number of carbonyl (C=O) groups excluding carboxylic acids is 1. The maximum atomic E-state index is 10.8. The van der Waals surface area contributed by atoms with Crippen LogP contribution < -0.4 is 5.32 Å². The first kappa shape index (κ1) is 14.6. The van der Waals surface area contributed by atoms with Gasteiger partial charge in [-0.25, -0.2) is 0 Å². The van der Waals surface area contributed by atoms with Crippen molar-refractivity contribution < 1.29 is 15.0 Å². The quantitative estimate of drug-likeness (QED) is 0.462. The molecular formula is C8H18N2O3. The summed E-state index contributed by atoms with van der Waals surface area (Å²) in [6.45, 7) is 5.94. The molecule has 0 rings (SSSR count). The summed E-state index contributed by atoms with van der Waals surface area (Å²) in [5.41, 5.74) is -0.438. The van der Waals surface area contributed by atoms with Crippen LogP contribution in [0.1, 0.15) is 20.8 Å². The number of hydrogen-bond acceptors (Lipinski definition) is 4. The number of esters is 1. The van der Waals surface area contributed by atoms with Gasteiger partial charge in [-0.05, 0) is 20.8 Å². The highest BCUT2D eigenvalue weighted by Crippen LogP contribution is 1.95. The van der Waals surface area contributed by atoms with Crippen molar-refractivity contribution in [3.63, 3.8) is 0 Å². The van der Waals surface area contributed by atoms with E-state index in [2.05, 4.69) is 5.32 Å². The van der Waals surface area contributed by atoms with E-state index in [1.807, 2.05) is 13.8 Å². The first-order chi connectivity index (χ1) is 5.52. The van der Waals surface area contributed by atoms with Crippen LogP contribution in [0.15, 0.2) is 0 Å². The van der Waals surface area contributed by atoms with E-state index in [1.54, 1.807) is 6.92 Å². The molecule has 0 radical (unpaired) electrons. The van der Waals surface area contributed by atoms with Gasteiger partial charge in [0.2, 0.25) is 0 Å². The zero-order valence-electron chi connectivity index (χ0n) is 8.31. The van der Waals surface area contributed by atoms with Crippen molar-refractivity contribution in [2.75, 3.05) is 13.2 Å². The second-order valence-electron chi connectivity index (χ2n) is 3.02. The maximum Gasteiger partial charge on any atom is 0.319 e. The summed E-state index contributed by atoms with van der Waals surface area (Å²) in [4.78, 5) is 10.8. The molecule has 0 aliphatic carbocycles. The molecule has 0 aromatic rings. The van der Waals surface area contributed by atoms with Gasteiger partial charge < -0.3 is 15.6 Å². The first-order valence-corrected chi connectivity index (χ1v) is 3.94. The van der Waals surface area contributed by atoms with Crippen LogP contribution in [0.4, 0.5) is 0 Å². The summed E-state index contributed by atoms with van der Waals surface area (Å²) in [6.07, 6.45) is 1.26. The van der Waals surface area contributed by atoms with Gasteiger partial charge in [0.15, 0.2) is 0 Å². The Hall–Kier alpha value is -0.940. The van der Waals surface area contributed by atoms with Crippen molar-refractivity contribution in [2.45, 2.75) is 26.3 Å². The number of rotatable bonds is 5. The second kappa shape index (κ2) is 6.56. The van der Waals surface area contributed by atoms with Gasteiger partial charge in [-0.3, -0.25) is 10.1 Å². The molecule has 0 amide bonds. The van der Waals surface area contributed by atoms with Crippen molar-refractivity contribution >= 4 is 12.2 Å². The molecule has 0 saturated heterocycles. The highest BCUT2D eigenvalue weighted by molar-refractivity contribution is 5.73. The summed E-state index contributed by atoms with van der Waals surface area (Å²) in [5, 5.41) is 9.89. The van der Waals surface area contributed by atoms with Gasteiger partial charge in [-0.2, -0.15) is 0 Å². The minimum atomic E-state index is -0.438. The van der Waals surface area contributed by atoms with Crippen LogP contribution in [-0.4, -0.2) is 36.4 Å². The minimum Gasteiger partial charge on any atom is -0.465 e. The molecule has 4 N–H and O–H groups in total. The highest BCUT2D eigenvalue weighted by Gasteiger charge is 2.14. The molecule has 0 heterocycles. The smallest absolute Gasteiger partial charge is 0.319 e. The van der Waals surface area contributed by atoms with Gasteiger partial charge in [-0.15, -0.1) is 0 Å². The van der Waals surface area contributed by atoms with Gasteiger partial charge in [-0.1, -0.05) is 0 Å². The summed E-state index contributed by atoms with van der Waals surface area (Å²) < 4.78 is 4.71. The Bertz CT molecular complexity index is 169. The van der Waals surface area contributed by atoms with Crippen LogP contribution in [-0.2, 0) is 9.53 Å². The van der Waals surface area contributed by atoms with Crippen molar-refractivity contribution in [1.82, 2.24) is 5.32 Å². The molecule has 0 aliphatic rings. The third-order valence-corrected chi connectivity index (χ3v) is 1.35. The fourth-order valence-corrected chi connectivity index (χ4v) is 0.563. The molecule has 13 heavy (non-hydrogen) atoms. The van der Waals surface area contributed by atoms with Gasteiger partial charge >= 0.3 is 5.97 Å². The fraction of sp³-hybridized carbons (Fsp3) is 0.750. The molecule has 0 atom stereocenters. The molecule has 0 saturated carbocycles. The number of carbonyl (C=O) groups is 1. The number of ether oxygens (including phenoxy) is 1. The maximum absolute atomic E-state index is 10.8. The highest BCUT2D eigenvalue weighted by atomic mass is 16.5. The van der Waals surface area contributed by atoms with E-state index in [-0.39, 0.29) is 18.0 Å². The van der Waals surface area contributed by atoms with Crippen LogP contribution in [0, 0.1) is 5.41 Å². The monoisotopic (exact) mass is 190 g/mol. The second-order valence-corrected chi connectivity index (χ2v) is 3.02. The lowest BCUT2D eigenvalue weighted by Crippen LogP contribution is -2.43. The lowest BCUT2D eigenvalue weighted by molar-refractivity contribution is -0.142. The third-order valence-electron chi connectivity index (χ3n) is 1.35. The number of nitrogens with one attached hydrogen (secondary N) is 2. The van der Waals surface area contributed by atoms with E-state index >= 15 is 0 Å². The summed E-state index contributed by atoms with van der Waals surface area (Å²) in [7, 11) is 0. The Morgan fingerprint density at radius 3 is 2.54 bits per heavy atom. The predicted octanol–water partition coefficient (Wildman–Crippen LogP) is -0.257.